The Morgan fingerprint density at radius 2 is 2.22 bits per heavy atom. The number of ether oxygens (including phenoxy) is 2. The van der Waals surface area contributed by atoms with Crippen molar-refractivity contribution in [3.8, 4) is 5.75 Å². The molecular weight excluding hydrogens is 247 g/mol. The van der Waals surface area contributed by atoms with Crippen molar-refractivity contribution in [1.82, 2.24) is 0 Å². The van der Waals surface area contributed by atoms with Gasteiger partial charge in [-0.2, -0.15) is 8.78 Å². The highest BCUT2D eigenvalue weighted by Crippen LogP contribution is 2.25. The molecule has 1 heterocycles. The lowest BCUT2D eigenvalue weighted by molar-refractivity contribution is -0.0521. The van der Waals surface area contributed by atoms with Gasteiger partial charge in [0.1, 0.15) is 0 Å². The lowest BCUT2D eigenvalue weighted by atomic mass is 10.1. The van der Waals surface area contributed by atoms with E-state index in [1.807, 2.05) is 6.92 Å². The van der Waals surface area contributed by atoms with Gasteiger partial charge in [0.25, 0.3) is 0 Å². The summed E-state index contributed by atoms with van der Waals surface area (Å²) in [5.74, 6) is -1.27. The van der Waals surface area contributed by atoms with Gasteiger partial charge in [-0.3, -0.25) is 0 Å². The van der Waals surface area contributed by atoms with Gasteiger partial charge in [-0.15, -0.1) is 0 Å². The van der Waals surface area contributed by atoms with Crippen molar-refractivity contribution in [2.45, 2.75) is 32.1 Å². The van der Waals surface area contributed by atoms with Crippen LogP contribution in [-0.2, 0) is 4.74 Å². The number of alkyl halides is 2. The number of anilines is 1. The molecule has 1 aromatic rings. The minimum Gasteiger partial charge on any atom is -0.432 e. The van der Waals surface area contributed by atoms with Crippen molar-refractivity contribution in [1.29, 1.82) is 0 Å². The third-order valence-corrected chi connectivity index (χ3v) is 2.88. The van der Waals surface area contributed by atoms with Crippen LogP contribution in [0.15, 0.2) is 18.2 Å². The topological polar surface area (TPSA) is 30.5 Å². The van der Waals surface area contributed by atoms with Crippen molar-refractivity contribution < 1.29 is 22.6 Å². The monoisotopic (exact) mass is 261 g/mol. The average molecular weight is 261 g/mol. The van der Waals surface area contributed by atoms with Crippen LogP contribution in [0.2, 0.25) is 0 Å². The SMILES string of the molecule is CC1OCCC1Nc1ccc(OC(F)F)c(F)c1. The minimum absolute atomic E-state index is 0.0463. The Bertz CT molecular complexity index is 414. The molecule has 18 heavy (non-hydrogen) atoms. The molecule has 1 N–H and O–H groups in total. The summed E-state index contributed by atoms with van der Waals surface area (Å²) in [7, 11) is 0. The van der Waals surface area contributed by atoms with Crippen molar-refractivity contribution >= 4 is 5.69 Å². The maximum absolute atomic E-state index is 13.5. The number of hydrogen-bond acceptors (Lipinski definition) is 3. The fraction of sp³-hybridized carbons (Fsp3) is 0.500. The molecule has 0 radical (unpaired) electrons. The third-order valence-electron chi connectivity index (χ3n) is 2.88. The fourth-order valence-corrected chi connectivity index (χ4v) is 1.92. The van der Waals surface area contributed by atoms with E-state index in [-0.39, 0.29) is 12.1 Å². The Balaban J connectivity index is 2.04. The van der Waals surface area contributed by atoms with Crippen molar-refractivity contribution in [3.63, 3.8) is 0 Å². The predicted molar refractivity (Wildman–Crippen MR) is 60.5 cm³/mol. The normalized spacial score (nSPS) is 23.4. The molecule has 1 aliphatic rings. The molecule has 6 heteroatoms. The van der Waals surface area contributed by atoms with Crippen LogP contribution in [0.1, 0.15) is 13.3 Å². The molecule has 0 spiro atoms. The number of benzene rings is 1. The molecule has 1 saturated heterocycles. The third kappa shape index (κ3) is 3.07. The van der Waals surface area contributed by atoms with E-state index in [4.69, 9.17) is 4.74 Å². The van der Waals surface area contributed by atoms with Gasteiger partial charge in [0.15, 0.2) is 11.6 Å². The maximum atomic E-state index is 13.5. The van der Waals surface area contributed by atoms with Crippen LogP contribution in [0.3, 0.4) is 0 Å². The van der Waals surface area contributed by atoms with Crippen LogP contribution in [-0.4, -0.2) is 25.4 Å². The summed E-state index contributed by atoms with van der Waals surface area (Å²) in [5, 5.41) is 3.10. The van der Waals surface area contributed by atoms with E-state index >= 15 is 0 Å². The van der Waals surface area contributed by atoms with Crippen LogP contribution in [0, 0.1) is 5.82 Å². The maximum Gasteiger partial charge on any atom is 0.387 e. The molecule has 100 valence electrons. The predicted octanol–water partition coefficient (Wildman–Crippen LogP) is 3.02. The minimum atomic E-state index is -3.03. The van der Waals surface area contributed by atoms with Crippen molar-refractivity contribution in [2.75, 3.05) is 11.9 Å². The molecule has 3 nitrogen and oxygen atoms in total. The summed E-state index contributed by atoms with van der Waals surface area (Å²) in [4.78, 5) is 0. The van der Waals surface area contributed by atoms with Crippen LogP contribution in [0.4, 0.5) is 18.9 Å². The van der Waals surface area contributed by atoms with E-state index in [9.17, 15) is 13.2 Å². The molecule has 0 saturated carbocycles. The summed E-state index contributed by atoms with van der Waals surface area (Å²) >= 11 is 0. The summed E-state index contributed by atoms with van der Waals surface area (Å²) in [6.07, 6.45) is 0.878. The van der Waals surface area contributed by atoms with Crippen LogP contribution in [0.5, 0.6) is 5.75 Å². The number of hydrogen-bond donors (Lipinski definition) is 1. The van der Waals surface area contributed by atoms with Gasteiger partial charge >= 0.3 is 6.61 Å². The first-order valence-electron chi connectivity index (χ1n) is 5.69. The second-order valence-corrected chi connectivity index (χ2v) is 4.14. The molecule has 1 aliphatic heterocycles. The van der Waals surface area contributed by atoms with Gasteiger partial charge in [-0.05, 0) is 25.5 Å². The first-order valence-corrected chi connectivity index (χ1v) is 5.69. The van der Waals surface area contributed by atoms with E-state index in [1.54, 1.807) is 0 Å². The second-order valence-electron chi connectivity index (χ2n) is 4.14. The Hall–Kier alpha value is -1.43. The Morgan fingerprint density at radius 3 is 2.78 bits per heavy atom. The van der Waals surface area contributed by atoms with E-state index < -0.39 is 18.2 Å². The zero-order valence-corrected chi connectivity index (χ0v) is 9.83. The molecule has 2 unspecified atom stereocenters. The van der Waals surface area contributed by atoms with E-state index in [1.165, 1.54) is 12.1 Å². The van der Waals surface area contributed by atoms with E-state index in [0.717, 1.165) is 12.5 Å². The van der Waals surface area contributed by atoms with Gasteiger partial charge in [0.2, 0.25) is 0 Å². The number of rotatable bonds is 4. The molecule has 0 amide bonds. The first kappa shape index (κ1) is 13.0. The first-order chi connectivity index (χ1) is 8.56. The van der Waals surface area contributed by atoms with E-state index in [0.29, 0.717) is 12.3 Å². The van der Waals surface area contributed by atoms with E-state index in [2.05, 4.69) is 10.1 Å². The zero-order valence-electron chi connectivity index (χ0n) is 9.83. The quantitative estimate of drug-likeness (QED) is 0.903. The van der Waals surface area contributed by atoms with Crippen molar-refractivity contribution in [2.24, 2.45) is 0 Å². The zero-order chi connectivity index (χ0) is 13.1. The van der Waals surface area contributed by atoms with Gasteiger partial charge in [-0.25, -0.2) is 4.39 Å². The summed E-state index contributed by atoms with van der Waals surface area (Å²) < 4.78 is 46.8. The molecule has 0 bridgehead atoms. The van der Waals surface area contributed by atoms with Gasteiger partial charge in [0.05, 0.1) is 12.1 Å². The molecule has 2 atom stereocenters. The lowest BCUT2D eigenvalue weighted by Crippen LogP contribution is -2.26. The Labute approximate surface area is 103 Å². The Morgan fingerprint density at radius 1 is 1.44 bits per heavy atom. The Kier molecular flexibility index (Phi) is 3.96. The molecule has 1 aromatic carbocycles. The van der Waals surface area contributed by atoms with Crippen LogP contribution in [0.25, 0.3) is 0 Å². The second kappa shape index (κ2) is 5.48. The summed E-state index contributed by atoms with van der Waals surface area (Å²) in [5.41, 5.74) is 0.525. The van der Waals surface area contributed by atoms with Gasteiger partial charge in [0, 0.05) is 18.4 Å². The van der Waals surface area contributed by atoms with Crippen LogP contribution >= 0.6 is 0 Å². The smallest absolute Gasteiger partial charge is 0.387 e. The molecule has 0 aromatic heterocycles. The highest BCUT2D eigenvalue weighted by Gasteiger charge is 2.24. The lowest BCUT2D eigenvalue weighted by Gasteiger charge is -2.17. The molecular formula is C12H14F3NO2. The van der Waals surface area contributed by atoms with Gasteiger partial charge in [-0.1, -0.05) is 0 Å². The summed E-state index contributed by atoms with van der Waals surface area (Å²) in [6.45, 7) is -0.440. The number of halogens is 3. The summed E-state index contributed by atoms with van der Waals surface area (Å²) in [6, 6.07) is 3.94. The molecule has 1 fully saturated rings. The highest BCUT2D eigenvalue weighted by atomic mass is 19.3. The highest BCUT2D eigenvalue weighted by molar-refractivity contribution is 5.48. The number of nitrogens with one attached hydrogen (secondary N) is 1. The largest absolute Gasteiger partial charge is 0.432 e. The van der Waals surface area contributed by atoms with Gasteiger partial charge < -0.3 is 14.8 Å². The molecule has 2 rings (SSSR count). The standard InChI is InChI=1S/C12H14F3NO2/c1-7-10(4-5-17-7)16-8-2-3-11(9(13)6-8)18-12(14)15/h2-3,6-7,10,12,16H,4-5H2,1H3. The van der Waals surface area contributed by atoms with Crippen LogP contribution < -0.4 is 10.1 Å². The fourth-order valence-electron chi connectivity index (χ4n) is 1.92. The molecule has 0 aliphatic carbocycles. The average Bonchev–Trinajstić information content (AvgIpc) is 2.68. The van der Waals surface area contributed by atoms with Crippen molar-refractivity contribution in [3.05, 3.63) is 24.0 Å².